The Labute approximate surface area is 158 Å². The van der Waals surface area contributed by atoms with Crippen LogP contribution in [0.15, 0.2) is 48.5 Å². The van der Waals surface area contributed by atoms with Crippen molar-refractivity contribution in [1.82, 2.24) is 15.0 Å². The Balaban J connectivity index is 1.95. The topological polar surface area (TPSA) is 118 Å². The van der Waals surface area contributed by atoms with E-state index in [9.17, 15) is 0 Å². The Morgan fingerprint density at radius 1 is 0.778 bits per heavy atom. The van der Waals surface area contributed by atoms with E-state index >= 15 is 0 Å². The van der Waals surface area contributed by atoms with Gasteiger partial charge in [0.05, 0.1) is 0 Å². The van der Waals surface area contributed by atoms with Crippen molar-refractivity contribution in [3.63, 3.8) is 0 Å². The zero-order valence-corrected chi connectivity index (χ0v) is 15.5. The van der Waals surface area contributed by atoms with Crippen LogP contribution in [0.5, 0.6) is 0 Å². The van der Waals surface area contributed by atoms with E-state index in [1.165, 1.54) is 0 Å². The van der Waals surface area contributed by atoms with Crippen LogP contribution >= 0.6 is 0 Å². The number of benzene rings is 2. The van der Waals surface area contributed by atoms with E-state index in [0.717, 1.165) is 24.5 Å². The van der Waals surface area contributed by atoms with Gasteiger partial charge in [0, 0.05) is 35.8 Å². The number of anilines is 7. The zero-order chi connectivity index (χ0) is 19.2. The van der Waals surface area contributed by atoms with Gasteiger partial charge in [-0.3, -0.25) is 0 Å². The smallest absolute Gasteiger partial charge is 0.233 e. The first-order valence-corrected chi connectivity index (χ1v) is 8.83. The zero-order valence-electron chi connectivity index (χ0n) is 15.5. The van der Waals surface area contributed by atoms with Crippen molar-refractivity contribution in [3.8, 4) is 0 Å². The summed E-state index contributed by atoms with van der Waals surface area (Å²) in [6.07, 6.45) is 0. The molecule has 27 heavy (non-hydrogen) atoms. The normalized spacial score (nSPS) is 10.4. The lowest BCUT2D eigenvalue weighted by Gasteiger charge is -2.20. The summed E-state index contributed by atoms with van der Waals surface area (Å²) in [6, 6.07) is 14.9. The molecule has 0 radical (unpaired) electrons. The molecule has 0 atom stereocenters. The fraction of sp³-hybridized carbons (Fsp3) is 0.211. The van der Waals surface area contributed by atoms with Gasteiger partial charge in [-0.05, 0) is 50.2 Å². The van der Waals surface area contributed by atoms with Gasteiger partial charge in [-0.15, -0.1) is 0 Å². The second kappa shape index (κ2) is 8.22. The molecule has 2 aromatic carbocycles. The average Bonchev–Trinajstić information content (AvgIpc) is 2.63. The maximum atomic E-state index is 5.85. The fourth-order valence-corrected chi connectivity index (χ4v) is 2.62. The summed E-state index contributed by atoms with van der Waals surface area (Å²) >= 11 is 0. The van der Waals surface area contributed by atoms with Gasteiger partial charge >= 0.3 is 0 Å². The molecule has 0 fully saturated rings. The van der Waals surface area contributed by atoms with Gasteiger partial charge in [0.15, 0.2) is 0 Å². The first-order chi connectivity index (χ1) is 13.1. The largest absolute Gasteiger partial charge is 0.399 e. The van der Waals surface area contributed by atoms with Crippen molar-refractivity contribution in [2.75, 3.05) is 40.1 Å². The lowest BCUT2D eigenvalue weighted by Crippen LogP contribution is -2.25. The third-order valence-electron chi connectivity index (χ3n) is 3.96. The molecular formula is C19H24N8. The summed E-state index contributed by atoms with van der Waals surface area (Å²) < 4.78 is 0. The third kappa shape index (κ3) is 4.75. The average molecular weight is 364 g/mol. The summed E-state index contributed by atoms with van der Waals surface area (Å²) in [5, 5.41) is 6.38. The van der Waals surface area contributed by atoms with E-state index in [4.69, 9.17) is 11.5 Å². The highest BCUT2D eigenvalue weighted by Gasteiger charge is 2.12. The van der Waals surface area contributed by atoms with Gasteiger partial charge in [-0.2, -0.15) is 15.0 Å². The van der Waals surface area contributed by atoms with E-state index in [2.05, 4.69) is 44.3 Å². The van der Waals surface area contributed by atoms with Gasteiger partial charge < -0.3 is 27.0 Å². The van der Waals surface area contributed by atoms with Gasteiger partial charge in [-0.1, -0.05) is 12.1 Å². The van der Waals surface area contributed by atoms with Crippen molar-refractivity contribution in [3.05, 3.63) is 48.5 Å². The Kier molecular flexibility index (Phi) is 5.55. The number of nitrogens with one attached hydrogen (secondary N) is 2. The van der Waals surface area contributed by atoms with Crippen molar-refractivity contribution >= 4 is 40.6 Å². The van der Waals surface area contributed by atoms with Crippen LogP contribution < -0.4 is 27.0 Å². The maximum Gasteiger partial charge on any atom is 0.233 e. The number of nitrogens with two attached hydrogens (primary N) is 2. The monoisotopic (exact) mass is 364 g/mol. The highest BCUT2D eigenvalue weighted by molar-refractivity contribution is 5.63. The molecule has 6 N–H and O–H groups in total. The van der Waals surface area contributed by atoms with Crippen LogP contribution in [0, 0.1) is 0 Å². The molecule has 0 spiro atoms. The Bertz CT molecular complexity index is 842. The van der Waals surface area contributed by atoms with Gasteiger partial charge in [0.1, 0.15) is 0 Å². The summed E-state index contributed by atoms with van der Waals surface area (Å²) in [6.45, 7) is 5.69. The number of hydrogen-bond donors (Lipinski definition) is 4. The summed E-state index contributed by atoms with van der Waals surface area (Å²) in [4.78, 5) is 15.6. The predicted octanol–water partition coefficient (Wildman–Crippen LogP) is 3.37. The fourth-order valence-electron chi connectivity index (χ4n) is 2.62. The molecule has 8 nitrogen and oxygen atoms in total. The Morgan fingerprint density at radius 2 is 1.26 bits per heavy atom. The van der Waals surface area contributed by atoms with Crippen molar-refractivity contribution in [1.29, 1.82) is 0 Å². The highest BCUT2D eigenvalue weighted by Crippen LogP contribution is 2.22. The van der Waals surface area contributed by atoms with Gasteiger partial charge in [0.25, 0.3) is 0 Å². The molecule has 0 saturated heterocycles. The van der Waals surface area contributed by atoms with Crippen LogP contribution in [0.3, 0.4) is 0 Å². The molecule has 0 aliphatic rings. The Hall–Kier alpha value is -3.55. The minimum atomic E-state index is 0.434. The number of nitrogens with zero attached hydrogens (tertiary/aromatic N) is 4. The van der Waals surface area contributed by atoms with E-state index in [1.807, 2.05) is 48.5 Å². The quantitative estimate of drug-likeness (QED) is 0.471. The molecule has 140 valence electrons. The minimum absolute atomic E-state index is 0.434. The van der Waals surface area contributed by atoms with E-state index < -0.39 is 0 Å². The number of aromatic nitrogens is 3. The number of hydrogen-bond acceptors (Lipinski definition) is 8. The first kappa shape index (κ1) is 18.2. The molecule has 0 saturated carbocycles. The molecule has 0 aliphatic heterocycles. The van der Waals surface area contributed by atoms with E-state index in [0.29, 0.717) is 29.2 Å². The molecule has 1 heterocycles. The second-order valence-electron chi connectivity index (χ2n) is 5.96. The van der Waals surface area contributed by atoms with Crippen LogP contribution in [0.1, 0.15) is 13.8 Å². The molecule has 8 heteroatoms. The van der Waals surface area contributed by atoms with Crippen molar-refractivity contribution in [2.45, 2.75) is 13.8 Å². The first-order valence-electron chi connectivity index (χ1n) is 8.83. The second-order valence-corrected chi connectivity index (χ2v) is 5.96. The SMILES string of the molecule is CCN(CC)c1nc(Nc2cccc(N)c2)nc(Nc2cccc(N)c2)n1. The minimum Gasteiger partial charge on any atom is -0.399 e. The summed E-state index contributed by atoms with van der Waals surface area (Å²) in [7, 11) is 0. The molecule has 0 aliphatic carbocycles. The van der Waals surface area contributed by atoms with Crippen molar-refractivity contribution in [2.24, 2.45) is 0 Å². The van der Waals surface area contributed by atoms with Crippen molar-refractivity contribution < 1.29 is 0 Å². The molecule has 0 bridgehead atoms. The molecule has 0 unspecified atom stereocenters. The molecule has 3 aromatic rings. The summed E-state index contributed by atoms with van der Waals surface area (Å²) in [5.74, 6) is 1.46. The van der Waals surface area contributed by atoms with Crippen LogP contribution in [-0.2, 0) is 0 Å². The third-order valence-corrected chi connectivity index (χ3v) is 3.96. The van der Waals surface area contributed by atoms with Crippen LogP contribution in [0.25, 0.3) is 0 Å². The number of rotatable bonds is 7. The summed E-state index contributed by atoms with van der Waals surface area (Å²) in [5.41, 5.74) is 14.6. The van der Waals surface area contributed by atoms with Gasteiger partial charge in [0.2, 0.25) is 17.8 Å². The molecule has 1 aromatic heterocycles. The number of nitrogen functional groups attached to an aromatic ring is 2. The predicted molar refractivity (Wildman–Crippen MR) is 112 cm³/mol. The standard InChI is InChI=1S/C19H24N8/c1-3-27(4-2)19-25-17(22-15-9-5-7-13(20)11-15)24-18(26-19)23-16-10-6-8-14(21)12-16/h5-12H,3-4,20-21H2,1-2H3,(H2,22,23,24,25,26). The highest BCUT2D eigenvalue weighted by atomic mass is 15.3. The van der Waals surface area contributed by atoms with Crippen LogP contribution in [0.2, 0.25) is 0 Å². The van der Waals surface area contributed by atoms with Gasteiger partial charge in [-0.25, -0.2) is 0 Å². The van der Waals surface area contributed by atoms with E-state index in [1.54, 1.807) is 0 Å². The lowest BCUT2D eigenvalue weighted by atomic mass is 10.3. The van der Waals surface area contributed by atoms with E-state index in [-0.39, 0.29) is 0 Å². The molecular weight excluding hydrogens is 340 g/mol. The Morgan fingerprint density at radius 3 is 1.67 bits per heavy atom. The maximum absolute atomic E-state index is 5.85. The molecule has 3 rings (SSSR count). The van der Waals surface area contributed by atoms with Crippen LogP contribution in [-0.4, -0.2) is 28.0 Å². The molecule has 0 amide bonds. The van der Waals surface area contributed by atoms with Crippen LogP contribution in [0.4, 0.5) is 40.6 Å². The lowest BCUT2D eigenvalue weighted by molar-refractivity contribution is 0.816.